The van der Waals surface area contributed by atoms with E-state index in [1.54, 1.807) is 6.07 Å². The molecule has 0 aromatic heterocycles. The van der Waals surface area contributed by atoms with Crippen LogP contribution in [0.1, 0.15) is 43.0 Å². The lowest BCUT2D eigenvalue weighted by Gasteiger charge is -2.37. The molecule has 1 aliphatic rings. The summed E-state index contributed by atoms with van der Waals surface area (Å²) in [4.78, 5) is 24.0. The highest BCUT2D eigenvalue weighted by molar-refractivity contribution is 6.00. The largest absolute Gasteiger partial charge is 0.391 e. The monoisotopic (exact) mass is 292 g/mol. The number of ketones is 1. The molecule has 2 unspecified atom stereocenters. The number of nitrogens with zero attached hydrogens (tertiary/aromatic N) is 2. The van der Waals surface area contributed by atoms with E-state index in [2.05, 4.69) is 0 Å². The van der Waals surface area contributed by atoms with Crippen LogP contribution >= 0.6 is 0 Å². The second-order valence-corrected chi connectivity index (χ2v) is 5.54. The zero-order valence-corrected chi connectivity index (χ0v) is 12.3. The van der Waals surface area contributed by atoms with Crippen molar-refractivity contribution in [3.63, 3.8) is 0 Å². The van der Waals surface area contributed by atoms with Gasteiger partial charge in [-0.25, -0.2) is 0 Å². The lowest BCUT2D eigenvalue weighted by molar-refractivity contribution is -0.384. The number of hydrogen-bond acceptors (Lipinski definition) is 5. The Kier molecular flexibility index (Phi) is 4.57. The van der Waals surface area contributed by atoms with Crippen molar-refractivity contribution in [2.45, 2.75) is 44.8 Å². The lowest BCUT2D eigenvalue weighted by Crippen LogP contribution is -2.44. The summed E-state index contributed by atoms with van der Waals surface area (Å²) in [6.45, 7) is 1.40. The van der Waals surface area contributed by atoms with Gasteiger partial charge in [0.15, 0.2) is 5.78 Å². The molecule has 0 saturated heterocycles. The Morgan fingerprint density at radius 1 is 1.38 bits per heavy atom. The van der Waals surface area contributed by atoms with Crippen molar-refractivity contribution in [3.05, 3.63) is 33.9 Å². The molecule has 0 amide bonds. The fourth-order valence-corrected chi connectivity index (χ4v) is 2.95. The Labute approximate surface area is 123 Å². The van der Waals surface area contributed by atoms with E-state index < -0.39 is 11.0 Å². The zero-order valence-electron chi connectivity index (χ0n) is 12.3. The van der Waals surface area contributed by atoms with Gasteiger partial charge >= 0.3 is 0 Å². The number of benzene rings is 1. The zero-order chi connectivity index (χ0) is 15.6. The number of carbonyl (C=O) groups is 1. The van der Waals surface area contributed by atoms with E-state index in [9.17, 15) is 20.0 Å². The second kappa shape index (κ2) is 6.22. The van der Waals surface area contributed by atoms with E-state index in [4.69, 9.17) is 0 Å². The number of aliphatic hydroxyl groups excluding tert-OH is 1. The molecule has 1 aliphatic carbocycles. The molecule has 0 bridgehead atoms. The first-order valence-corrected chi connectivity index (χ1v) is 7.12. The number of nitro benzene ring substituents is 1. The molecule has 6 heteroatoms. The molecule has 21 heavy (non-hydrogen) atoms. The maximum Gasteiger partial charge on any atom is 0.270 e. The van der Waals surface area contributed by atoms with Gasteiger partial charge in [0.25, 0.3) is 5.69 Å². The number of anilines is 1. The summed E-state index contributed by atoms with van der Waals surface area (Å²) < 4.78 is 0. The summed E-state index contributed by atoms with van der Waals surface area (Å²) in [5.74, 6) is -0.217. The summed E-state index contributed by atoms with van der Waals surface area (Å²) in [5, 5.41) is 21.0. The quantitative estimate of drug-likeness (QED) is 0.524. The van der Waals surface area contributed by atoms with Crippen LogP contribution in [-0.2, 0) is 0 Å². The van der Waals surface area contributed by atoms with Crippen molar-refractivity contribution >= 4 is 17.2 Å². The van der Waals surface area contributed by atoms with E-state index in [-0.39, 0.29) is 17.5 Å². The normalized spacial score (nSPS) is 21.9. The average Bonchev–Trinajstić information content (AvgIpc) is 2.46. The molecule has 0 radical (unpaired) electrons. The molecule has 1 aromatic rings. The van der Waals surface area contributed by atoms with Crippen LogP contribution in [0.2, 0.25) is 0 Å². The van der Waals surface area contributed by atoms with Gasteiger partial charge in [-0.1, -0.05) is 12.8 Å². The minimum absolute atomic E-state index is 0.0571. The highest BCUT2D eigenvalue weighted by Gasteiger charge is 2.29. The van der Waals surface area contributed by atoms with Crippen LogP contribution in [0.25, 0.3) is 0 Å². The van der Waals surface area contributed by atoms with Crippen LogP contribution in [0.5, 0.6) is 0 Å². The van der Waals surface area contributed by atoms with E-state index in [1.807, 2.05) is 11.9 Å². The summed E-state index contributed by atoms with van der Waals surface area (Å²) in [6, 6.07) is 4.24. The van der Waals surface area contributed by atoms with Crippen molar-refractivity contribution in [2.75, 3.05) is 11.9 Å². The summed E-state index contributed by atoms with van der Waals surface area (Å²) in [7, 11) is 1.83. The average molecular weight is 292 g/mol. The lowest BCUT2D eigenvalue weighted by atomic mass is 9.91. The van der Waals surface area contributed by atoms with E-state index in [1.165, 1.54) is 19.1 Å². The van der Waals surface area contributed by atoms with Crippen LogP contribution in [0.3, 0.4) is 0 Å². The predicted molar refractivity (Wildman–Crippen MR) is 79.8 cm³/mol. The molecule has 0 heterocycles. The third-order valence-corrected chi connectivity index (χ3v) is 4.14. The van der Waals surface area contributed by atoms with Crippen molar-refractivity contribution in [2.24, 2.45) is 0 Å². The maximum absolute atomic E-state index is 11.8. The second-order valence-electron chi connectivity index (χ2n) is 5.54. The number of hydrogen-bond donors (Lipinski definition) is 1. The molecule has 1 saturated carbocycles. The number of Topliss-reactive ketones (excluding diaryl/α,β-unsaturated/α-hetero) is 1. The molecule has 114 valence electrons. The van der Waals surface area contributed by atoms with Gasteiger partial charge in [0.2, 0.25) is 0 Å². The first-order valence-electron chi connectivity index (χ1n) is 7.12. The van der Waals surface area contributed by atoms with Gasteiger partial charge in [-0.3, -0.25) is 14.9 Å². The molecular weight excluding hydrogens is 272 g/mol. The van der Waals surface area contributed by atoms with Crippen LogP contribution in [0.4, 0.5) is 11.4 Å². The predicted octanol–water partition coefficient (Wildman–Crippen LogP) is 2.54. The standard InChI is InChI=1S/C15H20N2O4/c1-10(18)12-9-11(17(20)21)7-8-13(12)16(2)14-5-3-4-6-15(14)19/h7-9,14-15,19H,3-6H2,1-2H3. The summed E-state index contributed by atoms with van der Waals surface area (Å²) in [5.41, 5.74) is 0.866. The Morgan fingerprint density at radius 2 is 2.05 bits per heavy atom. The summed E-state index contributed by atoms with van der Waals surface area (Å²) in [6.07, 6.45) is 3.21. The Morgan fingerprint density at radius 3 is 2.62 bits per heavy atom. The maximum atomic E-state index is 11.8. The highest BCUT2D eigenvalue weighted by Crippen LogP contribution is 2.31. The van der Waals surface area contributed by atoms with E-state index >= 15 is 0 Å². The Hall–Kier alpha value is -1.95. The molecule has 0 spiro atoms. The van der Waals surface area contributed by atoms with E-state index in [0.717, 1.165) is 25.7 Å². The molecule has 1 fully saturated rings. The first-order chi connectivity index (χ1) is 9.91. The SMILES string of the molecule is CC(=O)c1cc([N+](=O)[O-])ccc1N(C)C1CCCCC1O. The Balaban J connectivity index is 2.37. The van der Waals surface area contributed by atoms with Crippen molar-refractivity contribution < 1.29 is 14.8 Å². The number of carbonyl (C=O) groups excluding carboxylic acids is 1. The highest BCUT2D eigenvalue weighted by atomic mass is 16.6. The van der Waals surface area contributed by atoms with Gasteiger partial charge in [0, 0.05) is 30.4 Å². The molecule has 6 nitrogen and oxygen atoms in total. The third kappa shape index (κ3) is 3.21. The third-order valence-electron chi connectivity index (χ3n) is 4.14. The number of rotatable bonds is 4. The Bertz CT molecular complexity index is 559. The van der Waals surface area contributed by atoms with Crippen molar-refractivity contribution in [3.8, 4) is 0 Å². The number of aliphatic hydroxyl groups is 1. The molecule has 1 aromatic carbocycles. The molecule has 2 atom stereocenters. The van der Waals surface area contributed by atoms with E-state index in [0.29, 0.717) is 11.3 Å². The fourth-order valence-electron chi connectivity index (χ4n) is 2.95. The van der Waals surface area contributed by atoms with Crippen LogP contribution in [-0.4, -0.2) is 35.0 Å². The topological polar surface area (TPSA) is 83.7 Å². The molecule has 2 rings (SSSR count). The summed E-state index contributed by atoms with van der Waals surface area (Å²) >= 11 is 0. The molecule has 1 N–H and O–H groups in total. The van der Waals surface area contributed by atoms with Crippen LogP contribution in [0.15, 0.2) is 18.2 Å². The number of non-ortho nitro benzene ring substituents is 1. The van der Waals surface area contributed by atoms with Crippen molar-refractivity contribution in [1.29, 1.82) is 0 Å². The molecule has 0 aliphatic heterocycles. The smallest absolute Gasteiger partial charge is 0.270 e. The first kappa shape index (κ1) is 15.4. The minimum Gasteiger partial charge on any atom is -0.391 e. The van der Waals surface area contributed by atoms with Gasteiger partial charge in [0.05, 0.1) is 17.1 Å². The van der Waals surface area contributed by atoms with Gasteiger partial charge in [0.1, 0.15) is 0 Å². The molecular formula is C15H20N2O4. The van der Waals surface area contributed by atoms with Crippen LogP contribution < -0.4 is 4.90 Å². The fraction of sp³-hybridized carbons (Fsp3) is 0.533. The van der Waals surface area contributed by atoms with Gasteiger partial charge in [-0.2, -0.15) is 0 Å². The minimum atomic E-state index is -0.508. The van der Waals surface area contributed by atoms with Crippen LogP contribution in [0, 0.1) is 10.1 Å². The number of nitro groups is 1. The number of likely N-dealkylation sites (N-methyl/N-ethyl adjacent to an activating group) is 1. The van der Waals surface area contributed by atoms with Gasteiger partial charge in [-0.15, -0.1) is 0 Å². The van der Waals surface area contributed by atoms with Gasteiger partial charge < -0.3 is 10.0 Å². The van der Waals surface area contributed by atoms with Gasteiger partial charge in [-0.05, 0) is 25.8 Å². The van der Waals surface area contributed by atoms with Crippen molar-refractivity contribution in [1.82, 2.24) is 0 Å².